The maximum absolute atomic E-state index is 6.07. The predicted octanol–water partition coefficient (Wildman–Crippen LogP) is 3.94. The van der Waals surface area contributed by atoms with Crippen molar-refractivity contribution in [2.24, 2.45) is 5.92 Å². The molecule has 0 saturated carbocycles. The molecule has 4 heteroatoms. The lowest BCUT2D eigenvalue weighted by molar-refractivity contribution is 0.408. The van der Waals surface area contributed by atoms with Gasteiger partial charge < -0.3 is 14.6 Å². The zero-order chi connectivity index (χ0) is 15.2. The van der Waals surface area contributed by atoms with Crippen LogP contribution in [0.1, 0.15) is 25.0 Å². The minimum absolute atomic E-state index is 0.669. The molecule has 0 fully saturated rings. The molecule has 0 atom stereocenters. The molecule has 0 saturated heterocycles. The third kappa shape index (κ3) is 4.80. The summed E-state index contributed by atoms with van der Waals surface area (Å²) in [5.41, 5.74) is 2.37. The Kier molecular flexibility index (Phi) is 5.71. The van der Waals surface area contributed by atoms with E-state index in [1.807, 2.05) is 18.2 Å². The van der Waals surface area contributed by atoms with Gasteiger partial charge in [-0.3, -0.25) is 0 Å². The first-order valence-corrected chi connectivity index (χ1v) is 7.64. The van der Waals surface area contributed by atoms with E-state index >= 15 is 0 Å². The zero-order valence-electron chi connectivity index (χ0n) is 12.9. The summed E-state index contributed by atoms with van der Waals surface area (Å²) >= 11 is 6.07. The number of aromatic nitrogens is 1. The number of methoxy groups -OCH3 is 1. The van der Waals surface area contributed by atoms with E-state index in [-0.39, 0.29) is 0 Å². The number of halogens is 1. The molecule has 1 N–H and O–H groups in total. The van der Waals surface area contributed by atoms with Crippen molar-refractivity contribution in [1.82, 2.24) is 9.88 Å². The number of rotatable bonds is 7. The summed E-state index contributed by atoms with van der Waals surface area (Å²) < 4.78 is 7.54. The maximum Gasteiger partial charge on any atom is 0.123 e. The molecule has 1 aromatic carbocycles. The van der Waals surface area contributed by atoms with Gasteiger partial charge in [0.1, 0.15) is 5.75 Å². The fourth-order valence-electron chi connectivity index (χ4n) is 2.27. The van der Waals surface area contributed by atoms with E-state index in [9.17, 15) is 0 Å². The number of hydrogen-bond acceptors (Lipinski definition) is 2. The minimum Gasteiger partial charge on any atom is -0.496 e. The molecular formula is C17H23ClN2O. The van der Waals surface area contributed by atoms with Gasteiger partial charge >= 0.3 is 0 Å². The molecule has 2 rings (SSSR count). The highest BCUT2D eigenvalue weighted by atomic mass is 35.5. The first-order valence-electron chi connectivity index (χ1n) is 7.26. The summed E-state index contributed by atoms with van der Waals surface area (Å²) in [6, 6.07) is 7.86. The Balaban J connectivity index is 2.00. The molecule has 0 radical (unpaired) electrons. The first-order chi connectivity index (χ1) is 10.1. The number of benzene rings is 1. The van der Waals surface area contributed by atoms with Crippen LogP contribution in [0.15, 0.2) is 36.7 Å². The molecule has 2 aromatic rings. The number of hydrogen-bond donors (Lipinski definition) is 1. The van der Waals surface area contributed by atoms with Crippen LogP contribution >= 0.6 is 11.6 Å². The van der Waals surface area contributed by atoms with Crippen molar-refractivity contribution in [3.63, 3.8) is 0 Å². The van der Waals surface area contributed by atoms with Crippen LogP contribution < -0.4 is 10.1 Å². The molecule has 0 spiro atoms. The van der Waals surface area contributed by atoms with Crippen LogP contribution in [0.25, 0.3) is 0 Å². The molecule has 1 aromatic heterocycles. The van der Waals surface area contributed by atoms with E-state index in [0.717, 1.165) is 36.0 Å². The van der Waals surface area contributed by atoms with E-state index in [2.05, 4.69) is 42.2 Å². The van der Waals surface area contributed by atoms with Crippen LogP contribution in [-0.4, -0.2) is 18.2 Å². The van der Waals surface area contributed by atoms with Gasteiger partial charge in [0.25, 0.3) is 0 Å². The molecule has 0 amide bonds. The molecule has 114 valence electrons. The molecule has 21 heavy (non-hydrogen) atoms. The lowest BCUT2D eigenvalue weighted by Crippen LogP contribution is -2.18. The summed E-state index contributed by atoms with van der Waals surface area (Å²) in [5.74, 6) is 1.54. The monoisotopic (exact) mass is 306 g/mol. The Labute approximate surface area is 131 Å². The standard InChI is InChI=1S/C17H23ClN2O/c1-13(2)9-19-10-14-6-7-20(11-14)12-15-8-16(18)4-5-17(15)21-3/h4-8,11,13,19H,9-10,12H2,1-3H3. The van der Waals surface area contributed by atoms with E-state index in [4.69, 9.17) is 16.3 Å². The third-order valence-corrected chi connectivity index (χ3v) is 3.52. The van der Waals surface area contributed by atoms with Gasteiger partial charge in [0, 0.05) is 29.5 Å². The van der Waals surface area contributed by atoms with Gasteiger partial charge in [-0.15, -0.1) is 0 Å². The molecular weight excluding hydrogens is 284 g/mol. The van der Waals surface area contributed by atoms with Gasteiger partial charge in [0.05, 0.1) is 13.7 Å². The normalized spacial score (nSPS) is 11.1. The SMILES string of the molecule is COc1ccc(Cl)cc1Cn1ccc(CNCC(C)C)c1. The number of nitrogens with one attached hydrogen (secondary N) is 1. The van der Waals surface area contributed by atoms with Crippen molar-refractivity contribution in [3.8, 4) is 5.75 Å². The second-order valence-corrected chi connectivity index (χ2v) is 6.11. The molecule has 1 heterocycles. The molecule has 0 aliphatic heterocycles. The Hall–Kier alpha value is -1.45. The highest BCUT2D eigenvalue weighted by Gasteiger charge is 2.05. The minimum atomic E-state index is 0.669. The number of ether oxygens (including phenoxy) is 1. The van der Waals surface area contributed by atoms with Crippen molar-refractivity contribution >= 4 is 11.6 Å². The highest BCUT2D eigenvalue weighted by Crippen LogP contribution is 2.23. The van der Waals surface area contributed by atoms with Gasteiger partial charge in [-0.25, -0.2) is 0 Å². The van der Waals surface area contributed by atoms with Crippen LogP contribution in [0, 0.1) is 5.92 Å². The van der Waals surface area contributed by atoms with Crippen molar-refractivity contribution in [1.29, 1.82) is 0 Å². The average molecular weight is 307 g/mol. The summed E-state index contributed by atoms with van der Waals surface area (Å²) in [6.07, 6.45) is 4.25. The Morgan fingerprint density at radius 2 is 2.10 bits per heavy atom. The van der Waals surface area contributed by atoms with Crippen molar-refractivity contribution < 1.29 is 4.74 Å². The Morgan fingerprint density at radius 3 is 2.81 bits per heavy atom. The van der Waals surface area contributed by atoms with Crippen LogP contribution in [-0.2, 0) is 13.1 Å². The second-order valence-electron chi connectivity index (χ2n) is 5.67. The van der Waals surface area contributed by atoms with Gasteiger partial charge in [-0.1, -0.05) is 25.4 Å². The maximum atomic E-state index is 6.07. The zero-order valence-corrected chi connectivity index (χ0v) is 13.7. The Bertz CT molecular complexity index is 578. The fourth-order valence-corrected chi connectivity index (χ4v) is 2.46. The van der Waals surface area contributed by atoms with E-state index in [1.54, 1.807) is 7.11 Å². The van der Waals surface area contributed by atoms with E-state index in [0.29, 0.717) is 5.92 Å². The highest BCUT2D eigenvalue weighted by molar-refractivity contribution is 6.30. The van der Waals surface area contributed by atoms with Crippen LogP contribution in [0.5, 0.6) is 5.75 Å². The smallest absolute Gasteiger partial charge is 0.123 e. The third-order valence-electron chi connectivity index (χ3n) is 3.29. The lowest BCUT2D eigenvalue weighted by atomic mass is 10.2. The topological polar surface area (TPSA) is 26.2 Å². The van der Waals surface area contributed by atoms with Crippen molar-refractivity contribution in [2.45, 2.75) is 26.9 Å². The van der Waals surface area contributed by atoms with E-state index in [1.165, 1.54) is 5.56 Å². The molecule has 0 aliphatic carbocycles. The first kappa shape index (κ1) is 15.9. The molecule has 0 aliphatic rings. The number of nitrogens with zero attached hydrogens (tertiary/aromatic N) is 1. The predicted molar refractivity (Wildman–Crippen MR) is 88.1 cm³/mol. The summed E-state index contributed by atoms with van der Waals surface area (Å²) in [6.45, 7) is 7.12. The molecule has 3 nitrogen and oxygen atoms in total. The van der Waals surface area contributed by atoms with Crippen LogP contribution in [0.2, 0.25) is 5.02 Å². The fraction of sp³-hybridized carbons (Fsp3) is 0.412. The van der Waals surface area contributed by atoms with Crippen LogP contribution in [0.4, 0.5) is 0 Å². The van der Waals surface area contributed by atoms with Crippen molar-refractivity contribution in [3.05, 3.63) is 52.8 Å². The molecule has 0 bridgehead atoms. The van der Waals surface area contributed by atoms with Gasteiger partial charge in [0.2, 0.25) is 0 Å². The van der Waals surface area contributed by atoms with E-state index < -0.39 is 0 Å². The summed E-state index contributed by atoms with van der Waals surface area (Å²) in [5, 5.41) is 4.18. The molecule has 0 unspecified atom stereocenters. The summed E-state index contributed by atoms with van der Waals surface area (Å²) in [7, 11) is 1.68. The van der Waals surface area contributed by atoms with Gasteiger partial charge in [-0.05, 0) is 42.3 Å². The second kappa shape index (κ2) is 7.53. The quantitative estimate of drug-likeness (QED) is 0.838. The van der Waals surface area contributed by atoms with Crippen LogP contribution in [0.3, 0.4) is 0 Å². The Morgan fingerprint density at radius 1 is 1.29 bits per heavy atom. The van der Waals surface area contributed by atoms with Gasteiger partial charge in [0.15, 0.2) is 0 Å². The van der Waals surface area contributed by atoms with Gasteiger partial charge in [-0.2, -0.15) is 0 Å². The summed E-state index contributed by atoms with van der Waals surface area (Å²) in [4.78, 5) is 0. The largest absolute Gasteiger partial charge is 0.496 e. The lowest BCUT2D eigenvalue weighted by Gasteiger charge is -2.10. The van der Waals surface area contributed by atoms with Crippen molar-refractivity contribution in [2.75, 3.05) is 13.7 Å². The average Bonchev–Trinajstić information content (AvgIpc) is 2.86.